The van der Waals surface area contributed by atoms with Crippen LogP contribution in [0.5, 0.6) is 0 Å². The molecule has 0 radical (unpaired) electrons. The number of pyridine rings is 1. The van der Waals surface area contributed by atoms with Gasteiger partial charge in [0.15, 0.2) is 9.84 Å². The molecule has 0 N–H and O–H groups in total. The second-order valence-corrected chi connectivity index (χ2v) is 8.57. The van der Waals surface area contributed by atoms with Crippen LogP contribution in [0.2, 0.25) is 0 Å². The fourth-order valence-corrected chi connectivity index (χ4v) is 3.49. The van der Waals surface area contributed by atoms with Crippen molar-refractivity contribution in [1.29, 1.82) is 0 Å². The van der Waals surface area contributed by atoms with E-state index in [1.54, 1.807) is 58.3 Å². The van der Waals surface area contributed by atoms with Crippen LogP contribution < -0.4 is 5.56 Å². The van der Waals surface area contributed by atoms with Crippen molar-refractivity contribution in [3.8, 4) is 0 Å². The number of carbonyl (C=O) groups excluding carboxylic acids is 1. The summed E-state index contributed by atoms with van der Waals surface area (Å²) in [5.41, 5.74) is -0.0255. The van der Waals surface area contributed by atoms with Gasteiger partial charge in [-0.25, -0.2) is 8.42 Å². The normalized spacial score (nSPS) is 14.4. The molecule has 1 amide bonds. The molecule has 6 nitrogen and oxygen atoms in total. The standard InChI is InChI=1S/C17H22N2O4S/c1-11(12(2)24(5,22)23)18(3)17(21)15-10-13-8-6-7-9-14(13)16(20)19(15)4/h6-12H,1-5H3. The molecule has 0 saturated heterocycles. The molecule has 0 fully saturated rings. The molecule has 0 aliphatic heterocycles. The third-order valence-corrected chi connectivity index (χ3v) is 6.40. The zero-order valence-corrected chi connectivity index (χ0v) is 15.3. The second kappa shape index (κ2) is 6.39. The van der Waals surface area contributed by atoms with Gasteiger partial charge in [0.25, 0.3) is 11.5 Å². The van der Waals surface area contributed by atoms with E-state index in [4.69, 9.17) is 0 Å². The first kappa shape index (κ1) is 18.2. The molecule has 0 saturated carbocycles. The lowest BCUT2D eigenvalue weighted by Gasteiger charge is -2.29. The van der Waals surface area contributed by atoms with Gasteiger partial charge in [-0.2, -0.15) is 0 Å². The predicted molar refractivity (Wildman–Crippen MR) is 95.1 cm³/mol. The summed E-state index contributed by atoms with van der Waals surface area (Å²) < 4.78 is 24.8. The first-order chi connectivity index (χ1) is 11.1. The summed E-state index contributed by atoms with van der Waals surface area (Å²) in [4.78, 5) is 26.6. The highest BCUT2D eigenvalue weighted by molar-refractivity contribution is 7.91. The molecule has 7 heteroatoms. The van der Waals surface area contributed by atoms with E-state index in [-0.39, 0.29) is 17.2 Å². The van der Waals surface area contributed by atoms with Gasteiger partial charge in [0, 0.05) is 31.8 Å². The molecule has 2 unspecified atom stereocenters. The first-order valence-electron chi connectivity index (χ1n) is 7.60. The molecule has 2 aromatic rings. The number of carbonyl (C=O) groups is 1. The Morgan fingerprint density at radius 3 is 2.38 bits per heavy atom. The summed E-state index contributed by atoms with van der Waals surface area (Å²) in [5.74, 6) is -0.386. The maximum Gasteiger partial charge on any atom is 0.270 e. The van der Waals surface area contributed by atoms with Crippen molar-refractivity contribution in [3.63, 3.8) is 0 Å². The Labute approximate surface area is 141 Å². The van der Waals surface area contributed by atoms with Gasteiger partial charge in [-0.1, -0.05) is 18.2 Å². The van der Waals surface area contributed by atoms with Crippen LogP contribution in [0, 0.1) is 0 Å². The highest BCUT2D eigenvalue weighted by atomic mass is 32.2. The first-order valence-corrected chi connectivity index (χ1v) is 9.56. The van der Waals surface area contributed by atoms with E-state index in [0.717, 1.165) is 6.26 Å². The number of benzene rings is 1. The smallest absolute Gasteiger partial charge is 0.270 e. The van der Waals surface area contributed by atoms with Gasteiger partial charge in [-0.05, 0) is 31.4 Å². The molecule has 1 heterocycles. The predicted octanol–water partition coefficient (Wildman–Crippen LogP) is 1.43. The van der Waals surface area contributed by atoms with Gasteiger partial charge in [0.1, 0.15) is 5.69 Å². The summed E-state index contributed by atoms with van der Waals surface area (Å²) >= 11 is 0. The highest BCUT2D eigenvalue weighted by Crippen LogP contribution is 2.16. The van der Waals surface area contributed by atoms with Gasteiger partial charge in [-0.15, -0.1) is 0 Å². The largest absolute Gasteiger partial charge is 0.336 e. The summed E-state index contributed by atoms with van der Waals surface area (Å²) in [5, 5.41) is 0.516. The lowest BCUT2D eigenvalue weighted by Crippen LogP contribution is -2.45. The van der Waals surface area contributed by atoms with Crippen LogP contribution in [0.15, 0.2) is 35.1 Å². The second-order valence-electron chi connectivity index (χ2n) is 6.17. The number of nitrogens with zero attached hydrogens (tertiary/aromatic N) is 2. The molecule has 1 aromatic carbocycles. The number of sulfone groups is 1. The van der Waals surface area contributed by atoms with Crippen molar-refractivity contribution in [2.45, 2.75) is 25.1 Å². The van der Waals surface area contributed by atoms with Gasteiger partial charge in [0.05, 0.1) is 5.25 Å². The maximum absolute atomic E-state index is 12.8. The number of hydrogen-bond acceptors (Lipinski definition) is 4. The van der Waals surface area contributed by atoms with Crippen LogP contribution in [-0.2, 0) is 16.9 Å². The monoisotopic (exact) mass is 350 g/mol. The summed E-state index contributed by atoms with van der Waals surface area (Å²) in [7, 11) is -0.186. The number of aromatic nitrogens is 1. The van der Waals surface area contributed by atoms with Gasteiger partial charge in [0.2, 0.25) is 0 Å². The van der Waals surface area contributed by atoms with E-state index in [2.05, 4.69) is 0 Å². The topological polar surface area (TPSA) is 76.5 Å². The summed E-state index contributed by atoms with van der Waals surface area (Å²) in [6, 6.07) is 8.20. The minimum atomic E-state index is -3.28. The van der Waals surface area contributed by atoms with Crippen molar-refractivity contribution in [2.75, 3.05) is 13.3 Å². The Kier molecular flexibility index (Phi) is 4.85. The van der Waals surface area contributed by atoms with E-state index in [9.17, 15) is 18.0 Å². The Balaban J connectivity index is 2.48. The third-order valence-electron chi connectivity index (χ3n) is 4.65. The lowest BCUT2D eigenvalue weighted by molar-refractivity contribution is 0.0732. The molecule has 24 heavy (non-hydrogen) atoms. The number of fused-ring (bicyclic) bond motifs is 1. The average Bonchev–Trinajstić information content (AvgIpc) is 2.54. The van der Waals surface area contributed by atoms with Crippen LogP contribution in [0.1, 0.15) is 24.3 Å². The molecule has 1 aromatic heterocycles. The van der Waals surface area contributed by atoms with Gasteiger partial charge >= 0.3 is 0 Å². The molecule has 0 aliphatic carbocycles. The fraction of sp³-hybridized carbons (Fsp3) is 0.412. The number of amides is 1. The molecule has 130 valence electrons. The van der Waals surface area contributed by atoms with Crippen LogP contribution in [0.25, 0.3) is 10.8 Å². The van der Waals surface area contributed by atoms with Gasteiger partial charge < -0.3 is 9.47 Å². The summed E-state index contributed by atoms with van der Waals surface area (Å²) in [6.45, 7) is 3.26. The molecule has 2 atom stereocenters. The molecule has 0 aliphatic rings. The SMILES string of the molecule is CC(C(C)S(C)(=O)=O)N(C)C(=O)c1cc2ccccc2c(=O)n1C. The van der Waals surface area contributed by atoms with Crippen LogP contribution >= 0.6 is 0 Å². The van der Waals surface area contributed by atoms with E-state index in [1.165, 1.54) is 9.47 Å². The van der Waals surface area contributed by atoms with Crippen molar-refractivity contribution >= 4 is 26.5 Å². The highest BCUT2D eigenvalue weighted by Gasteiger charge is 2.29. The average molecular weight is 350 g/mol. The Morgan fingerprint density at radius 1 is 1.21 bits per heavy atom. The zero-order chi connectivity index (χ0) is 18.2. The Bertz CT molecular complexity index is 947. The van der Waals surface area contributed by atoms with Crippen molar-refractivity contribution in [3.05, 3.63) is 46.4 Å². The van der Waals surface area contributed by atoms with Crippen molar-refractivity contribution in [1.82, 2.24) is 9.47 Å². The van der Waals surface area contributed by atoms with Crippen LogP contribution in [0.4, 0.5) is 0 Å². The Hall–Kier alpha value is -2.15. The van der Waals surface area contributed by atoms with E-state index >= 15 is 0 Å². The minimum Gasteiger partial charge on any atom is -0.336 e. The minimum absolute atomic E-state index is 0.230. The molecule has 0 spiro atoms. The lowest BCUT2D eigenvalue weighted by atomic mass is 10.1. The maximum atomic E-state index is 12.8. The molecule has 0 bridgehead atoms. The fourth-order valence-electron chi connectivity index (χ4n) is 2.60. The van der Waals surface area contributed by atoms with E-state index in [0.29, 0.717) is 10.8 Å². The van der Waals surface area contributed by atoms with Crippen LogP contribution in [-0.4, -0.2) is 48.4 Å². The zero-order valence-electron chi connectivity index (χ0n) is 14.5. The van der Waals surface area contributed by atoms with Gasteiger partial charge in [-0.3, -0.25) is 9.59 Å². The van der Waals surface area contributed by atoms with Crippen LogP contribution in [0.3, 0.4) is 0 Å². The van der Waals surface area contributed by atoms with Crippen molar-refractivity contribution < 1.29 is 13.2 Å². The molecule has 2 rings (SSSR count). The van der Waals surface area contributed by atoms with E-state index < -0.39 is 21.1 Å². The summed E-state index contributed by atoms with van der Waals surface area (Å²) in [6.07, 6.45) is 1.15. The van der Waals surface area contributed by atoms with Crippen molar-refractivity contribution in [2.24, 2.45) is 7.05 Å². The number of rotatable bonds is 4. The molecular weight excluding hydrogens is 328 g/mol. The molecular formula is C17H22N2O4S. The van der Waals surface area contributed by atoms with E-state index in [1.807, 2.05) is 0 Å². The Morgan fingerprint density at radius 2 is 1.79 bits per heavy atom. The number of hydrogen-bond donors (Lipinski definition) is 0. The third kappa shape index (κ3) is 3.21. The quantitative estimate of drug-likeness (QED) is 0.836.